The van der Waals surface area contributed by atoms with Crippen LogP contribution in [0.1, 0.15) is 119 Å². The third kappa shape index (κ3) is 18.9. The van der Waals surface area contributed by atoms with Crippen molar-refractivity contribution in [1.29, 1.82) is 0 Å². The van der Waals surface area contributed by atoms with Crippen molar-refractivity contribution in [3.8, 4) is 0 Å². The van der Waals surface area contributed by atoms with Crippen LogP contribution < -0.4 is 42.9 Å². The molecule has 3 rings (SSSR count). The normalized spacial score (nSPS) is 15.0. The number of sulfonamides is 1. The average molecular weight is 1110 g/mol. The van der Waals surface area contributed by atoms with Crippen LogP contribution in [0.5, 0.6) is 0 Å². The summed E-state index contributed by atoms with van der Waals surface area (Å²) in [6, 6.07) is 9.36. The second-order valence-corrected chi connectivity index (χ2v) is 23.6. The molecule has 0 spiro atoms. The standard InChI is InChI=1S/C55H83N11O11S/c1-34(2)41(64(12)52(74)47(54(6,7)8)62-50(72)46(58-11)55(9,10)38-20-15-13-16-21-38)32-36(5)48(70)63-78(76,77)39-26-24-37(25-27-39)33-66(57)51(73)40(22-19-30-59-53(56)75)60-49(71)45(35(3)4)61-42(67)23-17-14-18-31-65-43(68)28-29-44(65)69/h13,15-16,20-21,24-29,32,34-35,40-41,45-47,58H,14,17-19,22-23,30-31,33,57H2,1-12H3,(H,60,71)(H,61,67)(H,62,72)(H,63,70)(H3,56,59,75)/b36-32+/t40-,41+,45-,46+,47+/m0/s1. The van der Waals surface area contributed by atoms with Gasteiger partial charge in [-0.05, 0) is 80.2 Å². The number of urea groups is 1. The highest BCUT2D eigenvalue weighted by Gasteiger charge is 2.42. The molecule has 78 heavy (non-hydrogen) atoms. The van der Waals surface area contributed by atoms with Gasteiger partial charge in [-0.2, -0.15) is 0 Å². The number of rotatable bonds is 29. The van der Waals surface area contributed by atoms with E-state index in [0.29, 0.717) is 24.8 Å². The quantitative estimate of drug-likeness (QED) is 0.0145. The van der Waals surface area contributed by atoms with Crippen molar-refractivity contribution in [1.82, 2.24) is 46.1 Å². The van der Waals surface area contributed by atoms with Crippen molar-refractivity contribution in [2.45, 2.75) is 155 Å². The van der Waals surface area contributed by atoms with Crippen LogP contribution in [-0.4, -0.2) is 134 Å². The van der Waals surface area contributed by atoms with E-state index in [1.165, 1.54) is 54.3 Å². The minimum atomic E-state index is -4.46. The average Bonchev–Trinajstić information content (AvgIpc) is 3.69. The molecule has 0 radical (unpaired) electrons. The van der Waals surface area contributed by atoms with Crippen LogP contribution in [0.15, 0.2) is 83.3 Å². The Bertz CT molecular complexity index is 2610. The molecule has 0 bridgehead atoms. The van der Waals surface area contributed by atoms with E-state index in [9.17, 15) is 51.6 Å². The fourth-order valence-electron chi connectivity index (χ4n) is 8.87. The molecule has 2 aromatic carbocycles. The smallest absolute Gasteiger partial charge is 0.312 e. The molecule has 5 atom stereocenters. The highest BCUT2D eigenvalue weighted by Crippen LogP contribution is 2.29. The van der Waals surface area contributed by atoms with Crippen LogP contribution in [0.4, 0.5) is 4.79 Å². The van der Waals surface area contributed by atoms with Crippen LogP contribution in [0, 0.1) is 17.3 Å². The van der Waals surface area contributed by atoms with Gasteiger partial charge in [-0.3, -0.25) is 48.3 Å². The number of hydrogen-bond acceptors (Lipinski definition) is 13. The third-order valence-electron chi connectivity index (χ3n) is 13.6. The van der Waals surface area contributed by atoms with Gasteiger partial charge in [0.2, 0.25) is 23.6 Å². The monoisotopic (exact) mass is 1110 g/mol. The van der Waals surface area contributed by atoms with Crippen molar-refractivity contribution in [2.75, 3.05) is 27.2 Å². The van der Waals surface area contributed by atoms with Gasteiger partial charge in [-0.15, -0.1) is 0 Å². The third-order valence-corrected chi connectivity index (χ3v) is 14.9. The molecular formula is C55H83N11O11S. The molecule has 0 fully saturated rings. The molecule has 22 nitrogen and oxygen atoms in total. The van der Waals surface area contributed by atoms with E-state index in [4.69, 9.17) is 11.6 Å². The van der Waals surface area contributed by atoms with Gasteiger partial charge in [0.15, 0.2) is 0 Å². The molecule has 0 saturated heterocycles. The number of nitrogens with two attached hydrogens (primary N) is 2. The molecule has 0 saturated carbocycles. The number of hydrogen-bond donors (Lipinski definition) is 8. The Morgan fingerprint density at radius 1 is 0.756 bits per heavy atom. The number of nitrogens with zero attached hydrogens (tertiary/aromatic N) is 3. The molecule has 1 aliphatic rings. The molecule has 10 amide bonds. The SMILES string of the molecule is CN[C@H](C(=O)N[C@H](C(=O)N(C)[C@H](/C=C(\C)C(=O)NS(=O)(=O)c1ccc(CN(N)C(=O)[C@H](CCCNC(N)=O)NC(=O)[C@@H](NC(=O)CCCCCN2C(=O)C=CC2=O)C(C)C)cc1)C(C)C)C(C)(C)C)C(C)(C)c1ccccc1. The molecule has 23 heteroatoms. The molecule has 0 unspecified atom stereocenters. The zero-order valence-electron chi connectivity index (χ0n) is 47.2. The maximum absolute atomic E-state index is 14.4. The van der Waals surface area contributed by atoms with Crippen LogP contribution in [0.25, 0.3) is 0 Å². The number of likely N-dealkylation sites (N-methyl/N-ethyl adjacent to an activating group) is 2. The number of nitrogens with one attached hydrogen (secondary N) is 6. The maximum atomic E-state index is 14.4. The predicted octanol–water partition coefficient (Wildman–Crippen LogP) is 2.78. The topological polar surface area (TPSA) is 322 Å². The lowest BCUT2D eigenvalue weighted by Gasteiger charge is -2.40. The maximum Gasteiger partial charge on any atom is 0.312 e. The fraction of sp³-hybridized carbons (Fsp3) is 0.545. The molecule has 430 valence electrons. The summed E-state index contributed by atoms with van der Waals surface area (Å²) in [6.07, 6.45) is 5.64. The van der Waals surface area contributed by atoms with E-state index in [-0.39, 0.29) is 73.0 Å². The minimum absolute atomic E-state index is 0.00526. The van der Waals surface area contributed by atoms with Gasteiger partial charge in [0.1, 0.15) is 18.1 Å². The Kier molecular flexibility index (Phi) is 24.4. The summed E-state index contributed by atoms with van der Waals surface area (Å²) in [4.78, 5) is 120. The first-order chi connectivity index (χ1) is 36.3. The largest absolute Gasteiger partial charge is 0.352 e. The number of carbonyl (C=O) groups is 9. The first-order valence-corrected chi connectivity index (χ1v) is 27.7. The van der Waals surface area contributed by atoms with Crippen molar-refractivity contribution >= 4 is 63.3 Å². The highest BCUT2D eigenvalue weighted by molar-refractivity contribution is 7.90. The lowest BCUT2D eigenvalue weighted by Crippen LogP contribution is -2.61. The minimum Gasteiger partial charge on any atom is -0.352 e. The Hall–Kier alpha value is -6.98. The van der Waals surface area contributed by atoms with Gasteiger partial charge in [-0.25, -0.2) is 23.8 Å². The summed E-state index contributed by atoms with van der Waals surface area (Å²) in [5.41, 5.74) is 5.12. The molecule has 2 aromatic rings. The molecule has 1 aliphatic heterocycles. The first kappa shape index (κ1) is 65.3. The number of imide groups is 1. The Morgan fingerprint density at radius 3 is 1.90 bits per heavy atom. The first-order valence-electron chi connectivity index (χ1n) is 26.2. The van der Waals surface area contributed by atoms with Gasteiger partial charge >= 0.3 is 6.03 Å². The van der Waals surface area contributed by atoms with Crippen molar-refractivity contribution < 1.29 is 51.6 Å². The Labute approximate surface area is 459 Å². The Morgan fingerprint density at radius 2 is 1.36 bits per heavy atom. The molecule has 0 aliphatic carbocycles. The summed E-state index contributed by atoms with van der Waals surface area (Å²) in [6.45, 7) is 18.0. The molecule has 10 N–H and O–H groups in total. The van der Waals surface area contributed by atoms with Gasteiger partial charge in [0, 0.05) is 49.7 Å². The summed E-state index contributed by atoms with van der Waals surface area (Å²) in [5.74, 6) is 1.30. The number of hydrazine groups is 1. The van der Waals surface area contributed by atoms with E-state index in [1.807, 2.05) is 78.8 Å². The van der Waals surface area contributed by atoms with Crippen LogP contribution in [0.3, 0.4) is 0 Å². The van der Waals surface area contributed by atoms with Crippen molar-refractivity contribution in [3.63, 3.8) is 0 Å². The number of amides is 10. The summed E-state index contributed by atoms with van der Waals surface area (Å²) >= 11 is 0. The summed E-state index contributed by atoms with van der Waals surface area (Å²) < 4.78 is 29.3. The highest BCUT2D eigenvalue weighted by atomic mass is 32.2. The molecule has 1 heterocycles. The lowest BCUT2D eigenvalue weighted by molar-refractivity contribution is -0.141. The number of benzene rings is 2. The van der Waals surface area contributed by atoms with Crippen LogP contribution in [-0.2, 0) is 60.3 Å². The van der Waals surface area contributed by atoms with E-state index < -0.39 is 92.5 Å². The summed E-state index contributed by atoms with van der Waals surface area (Å²) in [5, 5.41) is 14.8. The Balaban J connectivity index is 1.70. The van der Waals surface area contributed by atoms with Crippen molar-refractivity contribution in [2.24, 2.45) is 28.8 Å². The second-order valence-electron chi connectivity index (χ2n) is 22.0. The summed E-state index contributed by atoms with van der Waals surface area (Å²) in [7, 11) is -1.20. The zero-order valence-corrected chi connectivity index (χ0v) is 48.0. The van der Waals surface area contributed by atoms with E-state index in [1.54, 1.807) is 27.9 Å². The second kappa shape index (κ2) is 29.1. The van der Waals surface area contributed by atoms with Gasteiger partial charge < -0.3 is 37.2 Å². The zero-order chi connectivity index (χ0) is 58.9. The van der Waals surface area contributed by atoms with Crippen molar-refractivity contribution in [3.05, 3.63) is 89.5 Å². The molecular weight excluding hydrogens is 1020 g/mol. The van der Waals surface area contributed by atoms with Gasteiger partial charge in [0.25, 0.3) is 33.7 Å². The predicted molar refractivity (Wildman–Crippen MR) is 295 cm³/mol. The van der Waals surface area contributed by atoms with Crippen LogP contribution >= 0.6 is 0 Å². The van der Waals surface area contributed by atoms with Crippen LogP contribution in [0.2, 0.25) is 0 Å². The van der Waals surface area contributed by atoms with Gasteiger partial charge in [0.05, 0.1) is 23.5 Å². The number of primary amides is 1. The van der Waals surface area contributed by atoms with E-state index in [2.05, 4.69) is 31.3 Å². The fourth-order valence-corrected chi connectivity index (χ4v) is 9.89. The van der Waals surface area contributed by atoms with E-state index in [0.717, 1.165) is 15.5 Å². The lowest BCUT2D eigenvalue weighted by atomic mass is 9.76. The number of unbranched alkanes of at least 4 members (excludes halogenated alkanes) is 2. The van der Waals surface area contributed by atoms with E-state index >= 15 is 0 Å². The molecule has 0 aromatic heterocycles. The number of carbonyl (C=O) groups excluding carboxylic acids is 9. The van der Waals surface area contributed by atoms with Gasteiger partial charge in [-0.1, -0.05) is 117 Å².